The van der Waals surface area contributed by atoms with Crippen LogP contribution in [0.4, 0.5) is 10.7 Å². The van der Waals surface area contributed by atoms with E-state index in [1.165, 1.54) is 0 Å². The number of ether oxygens (including phenoxy) is 1. The van der Waals surface area contributed by atoms with Crippen molar-refractivity contribution in [2.75, 3.05) is 18.0 Å². The Morgan fingerprint density at radius 1 is 1.43 bits per heavy atom. The number of hydrogen-bond acceptors (Lipinski definition) is 6. The zero-order valence-corrected chi connectivity index (χ0v) is 13.8. The van der Waals surface area contributed by atoms with Crippen molar-refractivity contribution >= 4 is 28.0 Å². The highest BCUT2D eigenvalue weighted by atomic mass is 79.9. The minimum Gasteiger partial charge on any atom is -0.444 e. The van der Waals surface area contributed by atoms with Crippen molar-refractivity contribution in [3.8, 4) is 0 Å². The second-order valence-corrected chi connectivity index (χ2v) is 6.84. The second kappa shape index (κ2) is 6.15. The van der Waals surface area contributed by atoms with E-state index in [4.69, 9.17) is 4.74 Å². The molecule has 0 aliphatic carbocycles. The average molecular weight is 359 g/mol. The Labute approximate surface area is 131 Å². The number of halogens is 1. The lowest BCUT2D eigenvalue weighted by molar-refractivity contribution is 0.0461. The molecule has 0 radical (unpaired) electrons. The van der Waals surface area contributed by atoms with Gasteiger partial charge in [-0.25, -0.2) is 14.8 Å². The standard InChI is InChI=1S/C13H19BrN4O3/c1-13(2,3)21-12(20)17-9-6-18(7-10(9)19)11-15-4-8(14)5-16-11/h4-5,9-10,19H,6-7H2,1-3H3,(H,17,20)/t9-,10-/m0/s1. The number of nitrogens with one attached hydrogen (secondary N) is 1. The van der Waals surface area contributed by atoms with E-state index >= 15 is 0 Å². The van der Waals surface area contributed by atoms with Gasteiger partial charge in [0.05, 0.1) is 16.6 Å². The molecule has 7 nitrogen and oxygen atoms in total. The second-order valence-electron chi connectivity index (χ2n) is 5.93. The first-order chi connectivity index (χ1) is 9.74. The van der Waals surface area contributed by atoms with E-state index in [0.717, 1.165) is 4.47 Å². The van der Waals surface area contributed by atoms with Gasteiger partial charge in [-0.15, -0.1) is 0 Å². The lowest BCUT2D eigenvalue weighted by atomic mass is 10.2. The topological polar surface area (TPSA) is 87.6 Å². The fourth-order valence-electron chi connectivity index (χ4n) is 2.02. The predicted octanol–water partition coefficient (Wildman–Crippen LogP) is 1.31. The average Bonchev–Trinajstić information content (AvgIpc) is 2.69. The van der Waals surface area contributed by atoms with Gasteiger partial charge in [0.15, 0.2) is 0 Å². The van der Waals surface area contributed by atoms with Gasteiger partial charge >= 0.3 is 6.09 Å². The van der Waals surface area contributed by atoms with Crippen molar-refractivity contribution in [1.29, 1.82) is 0 Å². The summed E-state index contributed by atoms with van der Waals surface area (Å²) in [5.74, 6) is 0.519. The van der Waals surface area contributed by atoms with Gasteiger partial charge in [0.2, 0.25) is 5.95 Å². The first kappa shape index (κ1) is 16.0. The Kier molecular flexibility index (Phi) is 4.67. The molecule has 2 heterocycles. The molecule has 116 valence electrons. The molecule has 2 atom stereocenters. The maximum atomic E-state index is 11.7. The molecule has 0 spiro atoms. The first-order valence-corrected chi connectivity index (χ1v) is 7.44. The Balaban J connectivity index is 1.95. The summed E-state index contributed by atoms with van der Waals surface area (Å²) in [4.78, 5) is 21.9. The van der Waals surface area contributed by atoms with Crippen LogP contribution in [0.5, 0.6) is 0 Å². The maximum absolute atomic E-state index is 11.7. The quantitative estimate of drug-likeness (QED) is 0.828. The van der Waals surface area contributed by atoms with E-state index in [1.807, 2.05) is 4.90 Å². The molecule has 1 amide bonds. The number of β-amino-alcohol motifs (C(OH)–C–C–N with tert-alkyl or cyclic N) is 1. The number of carbonyl (C=O) groups excluding carboxylic acids is 1. The Bertz CT molecular complexity index is 503. The molecule has 0 aromatic carbocycles. The van der Waals surface area contributed by atoms with Crippen LogP contribution in [0.1, 0.15) is 20.8 Å². The summed E-state index contributed by atoms with van der Waals surface area (Å²) in [5, 5.41) is 12.7. The monoisotopic (exact) mass is 358 g/mol. The number of aliphatic hydroxyl groups is 1. The molecule has 1 fully saturated rings. The molecule has 2 rings (SSSR count). The number of alkyl carbamates (subject to hydrolysis) is 1. The first-order valence-electron chi connectivity index (χ1n) is 6.65. The number of anilines is 1. The van der Waals surface area contributed by atoms with Crippen molar-refractivity contribution < 1.29 is 14.6 Å². The van der Waals surface area contributed by atoms with Crippen LogP contribution in [0.15, 0.2) is 16.9 Å². The number of carbonyl (C=O) groups is 1. The van der Waals surface area contributed by atoms with Crippen molar-refractivity contribution in [3.63, 3.8) is 0 Å². The van der Waals surface area contributed by atoms with Crippen LogP contribution in [-0.2, 0) is 4.74 Å². The van der Waals surface area contributed by atoms with Crippen molar-refractivity contribution in [2.24, 2.45) is 0 Å². The number of nitrogens with zero attached hydrogens (tertiary/aromatic N) is 3. The lowest BCUT2D eigenvalue weighted by Crippen LogP contribution is -2.45. The SMILES string of the molecule is CC(C)(C)OC(=O)N[C@H]1CN(c2ncc(Br)cn2)C[C@@H]1O. The van der Waals surface area contributed by atoms with E-state index < -0.39 is 23.8 Å². The molecule has 0 unspecified atom stereocenters. The van der Waals surface area contributed by atoms with Crippen molar-refractivity contribution in [1.82, 2.24) is 15.3 Å². The minimum atomic E-state index is -0.690. The van der Waals surface area contributed by atoms with Crippen LogP contribution in [-0.4, -0.2) is 52.0 Å². The van der Waals surface area contributed by atoms with E-state index in [-0.39, 0.29) is 0 Å². The van der Waals surface area contributed by atoms with E-state index in [9.17, 15) is 9.90 Å². The highest BCUT2D eigenvalue weighted by Gasteiger charge is 2.34. The normalized spacial score (nSPS) is 22.2. The molecular formula is C13H19BrN4O3. The van der Waals surface area contributed by atoms with Crippen LogP contribution in [0.3, 0.4) is 0 Å². The van der Waals surface area contributed by atoms with Gasteiger partial charge in [0.1, 0.15) is 5.60 Å². The van der Waals surface area contributed by atoms with Gasteiger partial charge in [-0.2, -0.15) is 0 Å². The molecule has 1 aromatic rings. The van der Waals surface area contributed by atoms with Crippen LogP contribution < -0.4 is 10.2 Å². The molecule has 1 saturated heterocycles. The smallest absolute Gasteiger partial charge is 0.408 e. The third-order valence-electron chi connectivity index (χ3n) is 2.88. The zero-order valence-electron chi connectivity index (χ0n) is 12.2. The fraction of sp³-hybridized carbons (Fsp3) is 0.615. The summed E-state index contributed by atoms with van der Waals surface area (Å²) in [6.45, 7) is 6.17. The van der Waals surface area contributed by atoms with Gasteiger partial charge in [0, 0.05) is 25.5 Å². The molecule has 0 saturated carbocycles. The van der Waals surface area contributed by atoms with Crippen molar-refractivity contribution in [2.45, 2.75) is 38.5 Å². The summed E-state index contributed by atoms with van der Waals surface area (Å²) in [7, 11) is 0. The number of aliphatic hydroxyl groups excluding tert-OH is 1. The lowest BCUT2D eigenvalue weighted by Gasteiger charge is -2.22. The minimum absolute atomic E-state index is 0.363. The van der Waals surface area contributed by atoms with Gasteiger partial charge < -0.3 is 20.1 Å². The Morgan fingerprint density at radius 2 is 2.05 bits per heavy atom. The van der Waals surface area contributed by atoms with Gasteiger partial charge in [-0.05, 0) is 36.7 Å². The molecule has 21 heavy (non-hydrogen) atoms. The van der Waals surface area contributed by atoms with E-state index in [0.29, 0.717) is 19.0 Å². The zero-order chi connectivity index (χ0) is 15.6. The third-order valence-corrected chi connectivity index (χ3v) is 3.29. The van der Waals surface area contributed by atoms with Crippen LogP contribution >= 0.6 is 15.9 Å². The summed E-state index contributed by atoms with van der Waals surface area (Å²) < 4.78 is 5.97. The number of hydrogen-bond donors (Lipinski definition) is 2. The van der Waals surface area contributed by atoms with Crippen LogP contribution in [0, 0.1) is 0 Å². The predicted molar refractivity (Wildman–Crippen MR) is 81.1 cm³/mol. The fourth-order valence-corrected chi connectivity index (χ4v) is 2.22. The Morgan fingerprint density at radius 3 is 2.62 bits per heavy atom. The van der Waals surface area contributed by atoms with Crippen LogP contribution in [0.25, 0.3) is 0 Å². The molecular weight excluding hydrogens is 340 g/mol. The van der Waals surface area contributed by atoms with Gasteiger partial charge in [0.25, 0.3) is 0 Å². The highest BCUT2D eigenvalue weighted by Crippen LogP contribution is 2.18. The summed E-state index contributed by atoms with van der Waals surface area (Å²) in [6.07, 6.45) is 2.06. The molecule has 8 heteroatoms. The number of amides is 1. The van der Waals surface area contributed by atoms with E-state index in [2.05, 4.69) is 31.2 Å². The van der Waals surface area contributed by atoms with E-state index in [1.54, 1.807) is 33.2 Å². The highest BCUT2D eigenvalue weighted by molar-refractivity contribution is 9.10. The molecule has 2 N–H and O–H groups in total. The maximum Gasteiger partial charge on any atom is 0.408 e. The molecule has 1 aromatic heterocycles. The summed E-state index contributed by atoms with van der Waals surface area (Å²) in [5.41, 5.74) is -0.567. The largest absolute Gasteiger partial charge is 0.444 e. The summed E-state index contributed by atoms with van der Waals surface area (Å²) in [6, 6.07) is -0.410. The third kappa shape index (κ3) is 4.53. The number of rotatable bonds is 2. The summed E-state index contributed by atoms with van der Waals surface area (Å²) >= 11 is 3.27. The van der Waals surface area contributed by atoms with Crippen LogP contribution in [0.2, 0.25) is 0 Å². The number of aromatic nitrogens is 2. The molecule has 1 aliphatic rings. The van der Waals surface area contributed by atoms with Gasteiger partial charge in [-0.3, -0.25) is 0 Å². The van der Waals surface area contributed by atoms with Gasteiger partial charge in [-0.1, -0.05) is 0 Å². The molecule has 0 bridgehead atoms. The van der Waals surface area contributed by atoms with Crippen molar-refractivity contribution in [3.05, 3.63) is 16.9 Å². The Hall–Kier alpha value is -1.41. The molecule has 1 aliphatic heterocycles.